The molecule has 0 spiro atoms. The summed E-state index contributed by atoms with van der Waals surface area (Å²) in [5.41, 5.74) is 1.64. The first-order valence-corrected chi connectivity index (χ1v) is 9.54. The van der Waals surface area contributed by atoms with E-state index in [1.807, 2.05) is 59.1 Å². The van der Waals surface area contributed by atoms with Gasteiger partial charge in [0.15, 0.2) is 11.5 Å². The number of carbonyl (C=O) groups excluding carboxylic acids is 1. The molecule has 1 aliphatic heterocycles. The van der Waals surface area contributed by atoms with E-state index in [0.717, 1.165) is 36.5 Å². The zero-order valence-corrected chi connectivity index (χ0v) is 15.6. The highest BCUT2D eigenvalue weighted by molar-refractivity contribution is 5.94. The van der Waals surface area contributed by atoms with Gasteiger partial charge in [-0.1, -0.05) is 24.3 Å². The predicted molar refractivity (Wildman–Crippen MR) is 106 cm³/mol. The minimum absolute atomic E-state index is 0.00201. The van der Waals surface area contributed by atoms with Gasteiger partial charge in [-0.15, -0.1) is 10.2 Å². The topological polar surface area (TPSA) is 77.5 Å². The van der Waals surface area contributed by atoms with E-state index in [-0.39, 0.29) is 11.9 Å². The number of likely N-dealkylation sites (tertiary alicyclic amines) is 1. The molecule has 7 nitrogen and oxygen atoms in total. The highest BCUT2D eigenvalue weighted by Crippen LogP contribution is 2.31. The van der Waals surface area contributed by atoms with E-state index in [2.05, 4.69) is 21.2 Å². The Balaban J connectivity index is 1.54. The van der Waals surface area contributed by atoms with Gasteiger partial charge in [0, 0.05) is 18.4 Å². The van der Waals surface area contributed by atoms with Crippen LogP contribution in [0.3, 0.4) is 0 Å². The number of nitriles is 1. The van der Waals surface area contributed by atoms with Crippen LogP contribution >= 0.6 is 0 Å². The number of pyridine rings is 1. The average molecular weight is 374 g/mol. The normalized spacial score (nSPS) is 16.9. The van der Waals surface area contributed by atoms with Crippen molar-refractivity contribution >= 4 is 17.2 Å². The van der Waals surface area contributed by atoms with Gasteiger partial charge in [-0.25, -0.2) is 0 Å². The lowest BCUT2D eigenvalue weighted by Gasteiger charge is -2.27. The number of fused-ring (bicyclic) bond motifs is 1. The molecule has 0 radical (unpaired) electrons. The van der Waals surface area contributed by atoms with Crippen molar-refractivity contribution in [3.05, 3.63) is 60.6 Å². The zero-order valence-electron chi connectivity index (χ0n) is 15.6. The second kappa shape index (κ2) is 8.19. The molecule has 142 valence electrons. The molecule has 1 atom stereocenters. The Kier molecular flexibility index (Phi) is 5.31. The van der Waals surface area contributed by atoms with E-state index >= 15 is 0 Å². The van der Waals surface area contributed by atoms with Crippen LogP contribution in [0.15, 0.2) is 54.7 Å². The van der Waals surface area contributed by atoms with Crippen LogP contribution in [-0.2, 0) is 4.79 Å². The maximum absolute atomic E-state index is 13.1. The van der Waals surface area contributed by atoms with Gasteiger partial charge >= 0.3 is 0 Å². The van der Waals surface area contributed by atoms with Gasteiger partial charge in [-0.05, 0) is 43.7 Å². The summed E-state index contributed by atoms with van der Waals surface area (Å²) < 4.78 is 2.00. The second-order valence-electron chi connectivity index (χ2n) is 6.90. The average Bonchev–Trinajstić information content (AvgIpc) is 3.35. The predicted octanol–water partition coefficient (Wildman–Crippen LogP) is 2.81. The lowest BCUT2D eigenvalue weighted by molar-refractivity contribution is -0.120. The highest BCUT2D eigenvalue weighted by Gasteiger charge is 2.32. The fraction of sp³-hybridized carbons (Fsp3) is 0.333. The van der Waals surface area contributed by atoms with Crippen LogP contribution in [0.2, 0.25) is 0 Å². The van der Waals surface area contributed by atoms with Crippen LogP contribution in [-0.4, -0.2) is 45.0 Å². The van der Waals surface area contributed by atoms with Gasteiger partial charge < -0.3 is 4.90 Å². The summed E-state index contributed by atoms with van der Waals surface area (Å²) in [6.45, 7) is 1.54. The standard InChI is InChI=1S/C21H22N6O/c22-12-7-15-26(17-8-2-1-3-9-17)20(28)16-25-13-6-10-18(25)21-24-23-19-11-4-5-14-27(19)21/h1-5,8-9,11,14,18H,6-7,10,13,15-16H2/t18-/m0/s1. The third-order valence-corrected chi connectivity index (χ3v) is 5.16. The Morgan fingerprint density at radius 3 is 2.82 bits per heavy atom. The molecule has 0 N–H and O–H groups in total. The molecule has 2 aromatic heterocycles. The first kappa shape index (κ1) is 18.1. The molecule has 0 bridgehead atoms. The largest absolute Gasteiger partial charge is 0.310 e. The maximum Gasteiger partial charge on any atom is 0.241 e. The van der Waals surface area contributed by atoms with Gasteiger partial charge in [-0.3, -0.25) is 14.1 Å². The summed E-state index contributed by atoms with van der Waals surface area (Å²) in [5.74, 6) is 0.881. The Hall–Kier alpha value is -3.24. The number of aromatic nitrogens is 3. The zero-order chi connectivity index (χ0) is 19.3. The van der Waals surface area contributed by atoms with Crippen molar-refractivity contribution in [1.29, 1.82) is 5.26 Å². The smallest absolute Gasteiger partial charge is 0.241 e. The maximum atomic E-state index is 13.1. The fourth-order valence-corrected chi connectivity index (χ4v) is 3.82. The van der Waals surface area contributed by atoms with Gasteiger partial charge in [0.1, 0.15) is 0 Å². The van der Waals surface area contributed by atoms with E-state index in [4.69, 9.17) is 5.26 Å². The summed E-state index contributed by atoms with van der Waals surface area (Å²) in [4.78, 5) is 17.0. The van der Waals surface area contributed by atoms with Crippen molar-refractivity contribution < 1.29 is 4.79 Å². The van der Waals surface area contributed by atoms with E-state index in [1.165, 1.54) is 0 Å². The van der Waals surface area contributed by atoms with Crippen LogP contribution < -0.4 is 4.90 Å². The van der Waals surface area contributed by atoms with E-state index in [1.54, 1.807) is 4.90 Å². The van der Waals surface area contributed by atoms with E-state index in [9.17, 15) is 4.79 Å². The molecular formula is C21H22N6O. The summed E-state index contributed by atoms with van der Waals surface area (Å²) in [6, 6.07) is 17.6. The summed E-state index contributed by atoms with van der Waals surface area (Å²) in [5, 5.41) is 17.6. The van der Waals surface area contributed by atoms with Crippen LogP contribution in [0, 0.1) is 11.3 Å². The lowest BCUT2D eigenvalue weighted by atomic mass is 10.2. The van der Waals surface area contributed by atoms with Gasteiger partial charge in [-0.2, -0.15) is 5.26 Å². The first-order valence-electron chi connectivity index (χ1n) is 9.54. The number of amides is 1. The molecule has 1 amide bonds. The first-order chi connectivity index (χ1) is 13.8. The number of nitrogens with zero attached hydrogens (tertiary/aromatic N) is 6. The number of para-hydroxylation sites is 1. The van der Waals surface area contributed by atoms with Crippen LogP contribution in [0.1, 0.15) is 31.1 Å². The monoisotopic (exact) mass is 374 g/mol. The molecule has 1 aromatic carbocycles. The Labute approximate surface area is 163 Å². The molecule has 0 saturated carbocycles. The third-order valence-electron chi connectivity index (χ3n) is 5.16. The summed E-state index contributed by atoms with van der Waals surface area (Å²) >= 11 is 0. The van der Waals surface area contributed by atoms with Gasteiger partial charge in [0.25, 0.3) is 0 Å². The number of rotatable bonds is 6. The van der Waals surface area contributed by atoms with Crippen molar-refractivity contribution in [2.45, 2.75) is 25.3 Å². The minimum Gasteiger partial charge on any atom is -0.310 e. The molecule has 28 heavy (non-hydrogen) atoms. The van der Waals surface area contributed by atoms with Crippen LogP contribution in [0.5, 0.6) is 0 Å². The number of benzene rings is 1. The third kappa shape index (κ3) is 3.59. The number of anilines is 1. The lowest BCUT2D eigenvalue weighted by Crippen LogP contribution is -2.41. The molecular weight excluding hydrogens is 352 g/mol. The molecule has 3 heterocycles. The van der Waals surface area contributed by atoms with Crippen molar-refractivity contribution in [2.75, 3.05) is 24.5 Å². The Morgan fingerprint density at radius 2 is 2.00 bits per heavy atom. The molecule has 7 heteroatoms. The number of carbonyl (C=O) groups is 1. The van der Waals surface area contributed by atoms with E-state index in [0.29, 0.717) is 19.5 Å². The SMILES string of the molecule is N#CCCN(C(=O)CN1CCC[C@H]1c1nnc2ccccn12)c1ccccc1. The molecule has 0 unspecified atom stereocenters. The van der Waals surface area contributed by atoms with Crippen LogP contribution in [0.25, 0.3) is 5.65 Å². The molecule has 0 aliphatic carbocycles. The molecule has 1 aliphatic rings. The van der Waals surface area contributed by atoms with Crippen molar-refractivity contribution in [1.82, 2.24) is 19.5 Å². The fourth-order valence-electron chi connectivity index (χ4n) is 3.82. The Morgan fingerprint density at radius 1 is 1.18 bits per heavy atom. The summed E-state index contributed by atoms with van der Waals surface area (Å²) in [6.07, 6.45) is 4.24. The molecule has 1 fully saturated rings. The van der Waals surface area contributed by atoms with Crippen molar-refractivity contribution in [3.63, 3.8) is 0 Å². The van der Waals surface area contributed by atoms with Crippen molar-refractivity contribution in [3.8, 4) is 6.07 Å². The molecule has 1 saturated heterocycles. The summed E-state index contributed by atoms with van der Waals surface area (Å²) in [7, 11) is 0. The number of hydrogen-bond donors (Lipinski definition) is 0. The quantitative estimate of drug-likeness (QED) is 0.663. The minimum atomic E-state index is 0.00201. The van der Waals surface area contributed by atoms with Gasteiger partial charge in [0.2, 0.25) is 5.91 Å². The van der Waals surface area contributed by atoms with Crippen LogP contribution in [0.4, 0.5) is 5.69 Å². The van der Waals surface area contributed by atoms with Gasteiger partial charge in [0.05, 0.1) is 25.1 Å². The van der Waals surface area contributed by atoms with Crippen molar-refractivity contribution in [2.24, 2.45) is 0 Å². The molecule has 3 aromatic rings. The van der Waals surface area contributed by atoms with E-state index < -0.39 is 0 Å². The number of hydrogen-bond acceptors (Lipinski definition) is 5. The second-order valence-corrected chi connectivity index (χ2v) is 6.90. The molecule has 4 rings (SSSR count). The highest BCUT2D eigenvalue weighted by atomic mass is 16.2. The Bertz CT molecular complexity index is 993.